The zero-order valence-electron chi connectivity index (χ0n) is 8.14. The standard InChI is InChI=1S/C8H19N3O2/c1-2-7-13-8(12)11-6-5-10-4-3-9/h10H,2-7,9H2,1H3,(H,11,12). The van der Waals surface area contributed by atoms with E-state index in [1.165, 1.54) is 0 Å². The van der Waals surface area contributed by atoms with Gasteiger partial charge in [-0.05, 0) is 6.42 Å². The van der Waals surface area contributed by atoms with Crippen molar-refractivity contribution in [2.75, 3.05) is 32.8 Å². The first kappa shape index (κ1) is 12.2. The first-order valence-electron chi connectivity index (χ1n) is 4.62. The summed E-state index contributed by atoms with van der Waals surface area (Å²) in [6.45, 7) is 5.10. The largest absolute Gasteiger partial charge is 0.450 e. The Kier molecular flexibility index (Phi) is 8.70. The predicted octanol–water partition coefficient (Wildman–Crippen LogP) is -0.329. The first-order chi connectivity index (χ1) is 6.31. The SMILES string of the molecule is CCCOC(=O)NCCNCCN. The van der Waals surface area contributed by atoms with Gasteiger partial charge in [-0.15, -0.1) is 0 Å². The van der Waals surface area contributed by atoms with Gasteiger partial charge < -0.3 is 21.1 Å². The average molecular weight is 189 g/mol. The summed E-state index contributed by atoms with van der Waals surface area (Å²) in [7, 11) is 0. The second-order valence-electron chi connectivity index (χ2n) is 2.60. The number of carbonyl (C=O) groups excluding carboxylic acids is 1. The van der Waals surface area contributed by atoms with E-state index in [1.807, 2.05) is 6.92 Å². The van der Waals surface area contributed by atoms with E-state index in [9.17, 15) is 4.79 Å². The third kappa shape index (κ3) is 9.10. The van der Waals surface area contributed by atoms with Gasteiger partial charge in [0.1, 0.15) is 0 Å². The number of rotatable bonds is 7. The highest BCUT2D eigenvalue weighted by atomic mass is 16.5. The van der Waals surface area contributed by atoms with E-state index in [2.05, 4.69) is 10.6 Å². The molecule has 0 aromatic rings. The predicted molar refractivity (Wildman–Crippen MR) is 51.6 cm³/mol. The number of nitrogens with one attached hydrogen (secondary N) is 2. The van der Waals surface area contributed by atoms with Crippen LogP contribution in [0.3, 0.4) is 0 Å². The minimum atomic E-state index is -0.351. The zero-order valence-corrected chi connectivity index (χ0v) is 8.14. The van der Waals surface area contributed by atoms with Crippen molar-refractivity contribution in [2.45, 2.75) is 13.3 Å². The number of nitrogens with two attached hydrogens (primary N) is 1. The van der Waals surface area contributed by atoms with Gasteiger partial charge in [0.2, 0.25) is 0 Å². The average Bonchev–Trinajstić information content (AvgIpc) is 2.14. The van der Waals surface area contributed by atoms with Crippen LogP contribution in [0.1, 0.15) is 13.3 Å². The molecule has 0 aliphatic rings. The van der Waals surface area contributed by atoms with Gasteiger partial charge in [-0.2, -0.15) is 0 Å². The van der Waals surface area contributed by atoms with Crippen LogP contribution in [0.15, 0.2) is 0 Å². The lowest BCUT2D eigenvalue weighted by atomic mass is 10.5. The normalized spacial score (nSPS) is 9.69. The van der Waals surface area contributed by atoms with Gasteiger partial charge in [0.05, 0.1) is 6.61 Å². The quantitative estimate of drug-likeness (QED) is 0.479. The van der Waals surface area contributed by atoms with E-state index in [0.29, 0.717) is 19.7 Å². The fourth-order valence-corrected chi connectivity index (χ4v) is 0.726. The van der Waals surface area contributed by atoms with Crippen LogP contribution < -0.4 is 16.4 Å². The summed E-state index contributed by atoms with van der Waals surface area (Å²) in [6, 6.07) is 0. The second-order valence-corrected chi connectivity index (χ2v) is 2.60. The van der Waals surface area contributed by atoms with Crippen molar-refractivity contribution in [1.82, 2.24) is 10.6 Å². The smallest absolute Gasteiger partial charge is 0.407 e. The van der Waals surface area contributed by atoms with Gasteiger partial charge in [-0.1, -0.05) is 6.92 Å². The molecule has 78 valence electrons. The molecule has 0 aliphatic heterocycles. The molecule has 0 radical (unpaired) electrons. The van der Waals surface area contributed by atoms with Crippen molar-refractivity contribution in [3.8, 4) is 0 Å². The van der Waals surface area contributed by atoms with Crippen molar-refractivity contribution in [3.63, 3.8) is 0 Å². The molecule has 0 unspecified atom stereocenters. The summed E-state index contributed by atoms with van der Waals surface area (Å²) in [5.41, 5.74) is 5.26. The van der Waals surface area contributed by atoms with Crippen LogP contribution in [0, 0.1) is 0 Å². The topological polar surface area (TPSA) is 76.4 Å². The van der Waals surface area contributed by atoms with E-state index >= 15 is 0 Å². The highest BCUT2D eigenvalue weighted by Crippen LogP contribution is 1.80. The minimum Gasteiger partial charge on any atom is -0.450 e. The third-order valence-electron chi connectivity index (χ3n) is 1.33. The number of amides is 1. The molecule has 0 atom stereocenters. The molecule has 0 fully saturated rings. The van der Waals surface area contributed by atoms with Crippen LogP contribution in [0.5, 0.6) is 0 Å². The third-order valence-corrected chi connectivity index (χ3v) is 1.33. The van der Waals surface area contributed by atoms with Crippen LogP contribution in [-0.2, 0) is 4.74 Å². The molecule has 0 aromatic heterocycles. The Balaban J connectivity index is 3.08. The Hall–Kier alpha value is -0.810. The molecule has 1 amide bonds. The van der Waals surface area contributed by atoms with Crippen LogP contribution in [0.25, 0.3) is 0 Å². The van der Waals surface area contributed by atoms with E-state index < -0.39 is 0 Å². The minimum absolute atomic E-state index is 0.351. The lowest BCUT2D eigenvalue weighted by Crippen LogP contribution is -2.34. The Morgan fingerprint density at radius 1 is 1.38 bits per heavy atom. The molecule has 0 spiro atoms. The van der Waals surface area contributed by atoms with Crippen molar-refractivity contribution in [3.05, 3.63) is 0 Å². The molecule has 0 rings (SSSR count). The molecule has 0 heterocycles. The van der Waals surface area contributed by atoms with Gasteiger partial charge in [-0.25, -0.2) is 4.79 Å². The van der Waals surface area contributed by atoms with Crippen molar-refractivity contribution < 1.29 is 9.53 Å². The Labute approximate surface area is 79.0 Å². The van der Waals surface area contributed by atoms with Gasteiger partial charge >= 0.3 is 6.09 Å². The van der Waals surface area contributed by atoms with Gasteiger partial charge in [0.25, 0.3) is 0 Å². The molecule has 13 heavy (non-hydrogen) atoms. The Morgan fingerprint density at radius 2 is 2.15 bits per heavy atom. The van der Waals surface area contributed by atoms with E-state index in [4.69, 9.17) is 10.5 Å². The van der Waals surface area contributed by atoms with E-state index in [1.54, 1.807) is 0 Å². The molecule has 0 saturated heterocycles. The summed E-state index contributed by atoms with van der Waals surface area (Å²) in [5, 5.41) is 5.66. The fraction of sp³-hybridized carbons (Fsp3) is 0.875. The van der Waals surface area contributed by atoms with Crippen molar-refractivity contribution in [2.24, 2.45) is 5.73 Å². The maximum Gasteiger partial charge on any atom is 0.407 e. The van der Waals surface area contributed by atoms with Crippen LogP contribution in [-0.4, -0.2) is 38.9 Å². The summed E-state index contributed by atoms with van der Waals surface area (Å²) >= 11 is 0. The summed E-state index contributed by atoms with van der Waals surface area (Å²) in [5.74, 6) is 0. The van der Waals surface area contributed by atoms with Crippen LogP contribution in [0.2, 0.25) is 0 Å². The molecule has 5 heteroatoms. The molecule has 0 bridgehead atoms. The van der Waals surface area contributed by atoms with Gasteiger partial charge in [0.15, 0.2) is 0 Å². The number of hydrogen-bond donors (Lipinski definition) is 3. The maximum absolute atomic E-state index is 10.8. The molecule has 5 nitrogen and oxygen atoms in total. The van der Waals surface area contributed by atoms with Gasteiger partial charge in [-0.3, -0.25) is 0 Å². The van der Waals surface area contributed by atoms with Gasteiger partial charge in [0, 0.05) is 26.2 Å². The Bertz CT molecular complexity index is 131. The van der Waals surface area contributed by atoms with Crippen molar-refractivity contribution >= 4 is 6.09 Å². The number of carbonyl (C=O) groups is 1. The highest BCUT2D eigenvalue weighted by Gasteiger charge is 1.97. The molecular weight excluding hydrogens is 170 g/mol. The summed E-state index contributed by atoms with van der Waals surface area (Å²) < 4.78 is 4.80. The molecule has 0 aromatic carbocycles. The molecule has 0 aliphatic carbocycles. The highest BCUT2D eigenvalue weighted by molar-refractivity contribution is 5.66. The van der Waals surface area contributed by atoms with Crippen molar-refractivity contribution in [1.29, 1.82) is 0 Å². The van der Waals surface area contributed by atoms with E-state index in [-0.39, 0.29) is 6.09 Å². The number of alkyl carbamates (subject to hydrolysis) is 1. The molecule has 0 saturated carbocycles. The summed E-state index contributed by atoms with van der Waals surface area (Å²) in [6.07, 6.45) is 0.496. The summed E-state index contributed by atoms with van der Waals surface area (Å²) in [4.78, 5) is 10.8. The number of ether oxygens (including phenoxy) is 1. The van der Waals surface area contributed by atoms with E-state index in [0.717, 1.165) is 19.5 Å². The lowest BCUT2D eigenvalue weighted by molar-refractivity contribution is 0.146. The zero-order chi connectivity index (χ0) is 9.94. The lowest BCUT2D eigenvalue weighted by Gasteiger charge is -2.06. The Morgan fingerprint density at radius 3 is 2.77 bits per heavy atom. The fourth-order valence-electron chi connectivity index (χ4n) is 0.726. The van der Waals surface area contributed by atoms with Crippen LogP contribution >= 0.6 is 0 Å². The first-order valence-corrected chi connectivity index (χ1v) is 4.62. The van der Waals surface area contributed by atoms with Crippen LogP contribution in [0.4, 0.5) is 4.79 Å². The molecule has 4 N–H and O–H groups in total. The maximum atomic E-state index is 10.8. The molecular formula is C8H19N3O2. The number of hydrogen-bond acceptors (Lipinski definition) is 4. The monoisotopic (exact) mass is 189 g/mol. The second kappa shape index (κ2) is 9.28.